The van der Waals surface area contributed by atoms with Crippen LogP contribution in [0.1, 0.15) is 17.3 Å². The van der Waals surface area contributed by atoms with Crippen molar-refractivity contribution in [3.63, 3.8) is 0 Å². The van der Waals surface area contributed by atoms with Gasteiger partial charge in [0.25, 0.3) is 0 Å². The van der Waals surface area contributed by atoms with Crippen LogP contribution >= 0.6 is 43.5 Å². The largest absolute Gasteiger partial charge is 0.383 e. The first-order valence-electron chi connectivity index (χ1n) is 6.19. The van der Waals surface area contributed by atoms with Gasteiger partial charge in [-0.05, 0) is 49.6 Å². The van der Waals surface area contributed by atoms with Crippen LogP contribution in [-0.2, 0) is 11.3 Å². The zero-order valence-electron chi connectivity index (χ0n) is 11.3. The molecule has 0 saturated heterocycles. The third kappa shape index (κ3) is 3.85. The smallest absolute Gasteiger partial charge is 0.0890 e. The summed E-state index contributed by atoms with van der Waals surface area (Å²) < 4.78 is 8.68. The van der Waals surface area contributed by atoms with Gasteiger partial charge in [0, 0.05) is 11.6 Å². The molecular formula is C13H15Br2ClN4O. The Morgan fingerprint density at radius 1 is 1.43 bits per heavy atom. The van der Waals surface area contributed by atoms with Crippen LogP contribution < -0.4 is 11.3 Å². The Hall–Kier alpha value is -0.440. The van der Waals surface area contributed by atoms with E-state index in [1.165, 1.54) is 0 Å². The van der Waals surface area contributed by atoms with Gasteiger partial charge in [0.1, 0.15) is 0 Å². The van der Waals surface area contributed by atoms with E-state index in [-0.39, 0.29) is 6.04 Å². The quantitative estimate of drug-likeness (QED) is 0.537. The molecule has 2 rings (SSSR count). The second-order valence-electron chi connectivity index (χ2n) is 4.37. The van der Waals surface area contributed by atoms with Gasteiger partial charge in [-0.15, -0.1) is 0 Å². The third-order valence-corrected chi connectivity index (χ3v) is 4.88. The highest BCUT2D eigenvalue weighted by Crippen LogP contribution is 2.31. The predicted octanol–water partition coefficient (Wildman–Crippen LogP) is 3.26. The van der Waals surface area contributed by atoms with Crippen molar-refractivity contribution in [1.29, 1.82) is 0 Å². The fourth-order valence-corrected chi connectivity index (χ4v) is 3.08. The summed E-state index contributed by atoms with van der Waals surface area (Å²) in [7, 11) is 1.66. The van der Waals surface area contributed by atoms with Crippen LogP contribution in [0.15, 0.2) is 33.3 Å². The van der Waals surface area contributed by atoms with Crippen molar-refractivity contribution in [2.75, 3.05) is 13.7 Å². The van der Waals surface area contributed by atoms with Crippen LogP contribution in [0.3, 0.4) is 0 Å². The molecule has 0 aliphatic carbocycles. The molecule has 2 aromatic rings. The first-order chi connectivity index (χ1) is 10.1. The number of nitrogens with one attached hydrogen (secondary N) is 1. The van der Waals surface area contributed by atoms with Crippen LogP contribution in [-0.4, -0.2) is 23.5 Å². The lowest BCUT2D eigenvalue weighted by Crippen LogP contribution is -2.31. The monoisotopic (exact) mass is 436 g/mol. The first kappa shape index (κ1) is 16.9. The highest BCUT2D eigenvalue weighted by atomic mass is 79.9. The number of nitrogens with zero attached hydrogens (tertiary/aromatic N) is 2. The van der Waals surface area contributed by atoms with E-state index in [1.807, 2.05) is 22.9 Å². The number of hydrogen-bond donors (Lipinski definition) is 2. The minimum atomic E-state index is -0.215. The summed E-state index contributed by atoms with van der Waals surface area (Å²) in [5.74, 6) is 5.76. The molecule has 0 saturated carbocycles. The molecule has 1 heterocycles. The number of rotatable bonds is 6. The number of aromatic nitrogens is 2. The van der Waals surface area contributed by atoms with Gasteiger partial charge < -0.3 is 4.74 Å². The molecule has 1 unspecified atom stereocenters. The Morgan fingerprint density at radius 2 is 2.19 bits per heavy atom. The standard InChI is InChI=1S/C13H15Br2ClN4O/c1-21-5-4-20-13(10(15)7-18-20)12(19-17)8-2-3-11(16)9(14)6-8/h2-3,6-7,12,19H,4-5,17H2,1H3. The normalized spacial score (nSPS) is 12.6. The number of hydrogen-bond acceptors (Lipinski definition) is 4. The average molecular weight is 439 g/mol. The van der Waals surface area contributed by atoms with E-state index >= 15 is 0 Å². The Kier molecular flexibility index (Phi) is 6.21. The Bertz CT molecular complexity index is 620. The number of ether oxygens (including phenoxy) is 1. The fourth-order valence-electron chi connectivity index (χ4n) is 2.04. The molecule has 1 atom stereocenters. The van der Waals surface area contributed by atoms with Crippen LogP contribution in [0.4, 0.5) is 0 Å². The molecule has 21 heavy (non-hydrogen) atoms. The van der Waals surface area contributed by atoms with Crippen molar-refractivity contribution in [2.45, 2.75) is 12.6 Å². The minimum Gasteiger partial charge on any atom is -0.383 e. The maximum Gasteiger partial charge on any atom is 0.0890 e. The second-order valence-corrected chi connectivity index (χ2v) is 6.48. The highest BCUT2D eigenvalue weighted by Gasteiger charge is 2.21. The summed E-state index contributed by atoms with van der Waals surface area (Å²) >= 11 is 13.0. The van der Waals surface area contributed by atoms with Crippen molar-refractivity contribution in [2.24, 2.45) is 5.84 Å². The van der Waals surface area contributed by atoms with Gasteiger partial charge in [0.05, 0.1) is 40.6 Å². The van der Waals surface area contributed by atoms with Crippen molar-refractivity contribution in [3.05, 3.63) is 49.6 Å². The lowest BCUT2D eigenvalue weighted by atomic mass is 10.0. The van der Waals surface area contributed by atoms with Crippen LogP contribution in [0.2, 0.25) is 5.02 Å². The minimum absolute atomic E-state index is 0.215. The molecule has 0 bridgehead atoms. The SMILES string of the molecule is COCCn1ncc(Br)c1C(NN)c1ccc(Cl)c(Br)c1. The zero-order chi connectivity index (χ0) is 15.4. The summed E-state index contributed by atoms with van der Waals surface area (Å²) in [6.07, 6.45) is 1.75. The Balaban J connectivity index is 2.40. The summed E-state index contributed by atoms with van der Waals surface area (Å²) in [5.41, 5.74) is 4.74. The summed E-state index contributed by atoms with van der Waals surface area (Å²) in [6.45, 7) is 1.22. The van der Waals surface area contributed by atoms with Gasteiger partial charge in [-0.2, -0.15) is 5.10 Å². The molecule has 0 aliphatic heterocycles. The third-order valence-electron chi connectivity index (χ3n) is 3.06. The Labute approximate surface area is 145 Å². The molecule has 8 heteroatoms. The molecule has 0 aliphatic rings. The number of benzene rings is 1. The van der Waals surface area contributed by atoms with Gasteiger partial charge >= 0.3 is 0 Å². The molecule has 3 N–H and O–H groups in total. The van der Waals surface area contributed by atoms with Crippen molar-refractivity contribution >= 4 is 43.5 Å². The average Bonchev–Trinajstić information content (AvgIpc) is 2.83. The topological polar surface area (TPSA) is 65.1 Å². The molecule has 5 nitrogen and oxygen atoms in total. The lowest BCUT2D eigenvalue weighted by molar-refractivity contribution is 0.182. The maximum atomic E-state index is 6.04. The van der Waals surface area contributed by atoms with E-state index < -0.39 is 0 Å². The van der Waals surface area contributed by atoms with E-state index in [0.29, 0.717) is 18.2 Å². The Morgan fingerprint density at radius 3 is 2.81 bits per heavy atom. The van der Waals surface area contributed by atoms with E-state index in [2.05, 4.69) is 42.4 Å². The van der Waals surface area contributed by atoms with Crippen LogP contribution in [0.5, 0.6) is 0 Å². The zero-order valence-corrected chi connectivity index (χ0v) is 15.2. The molecule has 0 spiro atoms. The molecule has 0 radical (unpaired) electrons. The summed E-state index contributed by atoms with van der Waals surface area (Å²) in [5, 5.41) is 5.00. The molecule has 1 aromatic carbocycles. The fraction of sp³-hybridized carbons (Fsp3) is 0.308. The van der Waals surface area contributed by atoms with E-state index in [0.717, 1.165) is 20.2 Å². The van der Waals surface area contributed by atoms with Gasteiger partial charge in [0.2, 0.25) is 0 Å². The van der Waals surface area contributed by atoms with Crippen LogP contribution in [0, 0.1) is 0 Å². The second kappa shape index (κ2) is 7.71. The molecule has 0 amide bonds. The molecule has 114 valence electrons. The van der Waals surface area contributed by atoms with E-state index in [9.17, 15) is 0 Å². The van der Waals surface area contributed by atoms with Gasteiger partial charge in [-0.25, -0.2) is 5.43 Å². The van der Waals surface area contributed by atoms with E-state index in [1.54, 1.807) is 13.3 Å². The number of halogens is 3. The van der Waals surface area contributed by atoms with E-state index in [4.69, 9.17) is 22.2 Å². The van der Waals surface area contributed by atoms with Gasteiger partial charge in [-0.3, -0.25) is 10.5 Å². The first-order valence-corrected chi connectivity index (χ1v) is 8.16. The number of hydrazine groups is 1. The summed E-state index contributed by atoms with van der Waals surface area (Å²) in [4.78, 5) is 0. The van der Waals surface area contributed by atoms with Crippen molar-refractivity contribution < 1.29 is 4.74 Å². The van der Waals surface area contributed by atoms with Crippen molar-refractivity contribution in [3.8, 4) is 0 Å². The lowest BCUT2D eigenvalue weighted by Gasteiger charge is -2.19. The maximum absolute atomic E-state index is 6.04. The van der Waals surface area contributed by atoms with Crippen molar-refractivity contribution in [1.82, 2.24) is 15.2 Å². The molecule has 0 fully saturated rings. The molecular weight excluding hydrogens is 423 g/mol. The predicted molar refractivity (Wildman–Crippen MR) is 90.1 cm³/mol. The van der Waals surface area contributed by atoms with Gasteiger partial charge in [-0.1, -0.05) is 17.7 Å². The summed E-state index contributed by atoms with van der Waals surface area (Å²) in [6, 6.07) is 5.48. The van der Waals surface area contributed by atoms with Gasteiger partial charge in [0.15, 0.2) is 0 Å². The molecule has 1 aromatic heterocycles. The van der Waals surface area contributed by atoms with Crippen LogP contribution in [0.25, 0.3) is 0 Å². The number of nitrogens with two attached hydrogens (primary N) is 1. The highest BCUT2D eigenvalue weighted by molar-refractivity contribution is 9.10. The number of methoxy groups -OCH3 is 1.